The van der Waals surface area contributed by atoms with Gasteiger partial charge < -0.3 is 37.8 Å². The summed E-state index contributed by atoms with van der Waals surface area (Å²) in [4.78, 5) is 0. The van der Waals surface area contributed by atoms with Gasteiger partial charge in [0.15, 0.2) is 0 Å². The van der Waals surface area contributed by atoms with E-state index in [0.29, 0.717) is 35.1 Å². The lowest BCUT2D eigenvalue weighted by Gasteiger charge is -2.30. The molecule has 0 heterocycles. The van der Waals surface area contributed by atoms with Gasteiger partial charge in [-0.1, -0.05) is 0 Å². The van der Waals surface area contributed by atoms with Crippen molar-refractivity contribution >= 4 is 17.1 Å². The third kappa shape index (κ3) is 6.88. The van der Waals surface area contributed by atoms with Crippen molar-refractivity contribution in [3.05, 3.63) is 41.5 Å². The number of rotatable bonds is 9. The number of anilines is 1. The molecule has 0 saturated carbocycles. The van der Waals surface area contributed by atoms with E-state index in [2.05, 4.69) is 30.4 Å². The molecule has 0 aliphatic rings. The molecule has 0 bridgehead atoms. The first kappa shape index (κ1) is 24.7. The van der Waals surface area contributed by atoms with Gasteiger partial charge in [0.1, 0.15) is 23.7 Å². The Balaban J connectivity index is 0.00000420. The van der Waals surface area contributed by atoms with Crippen molar-refractivity contribution in [1.29, 1.82) is 0 Å². The minimum atomic E-state index is 0. The first-order valence-corrected chi connectivity index (χ1v) is 9.34. The zero-order chi connectivity index (χ0) is 20.7. The summed E-state index contributed by atoms with van der Waals surface area (Å²) in [5.41, 5.74) is 15.7. The number of nitrogens with zero attached hydrogens (tertiary/aromatic N) is 3. The Labute approximate surface area is 179 Å². The van der Waals surface area contributed by atoms with Crippen molar-refractivity contribution in [2.24, 2.45) is 16.0 Å². The minimum absolute atomic E-state index is 0. The SMILES string of the molecule is COc1cc(N=Nc2cc(C[N+](C)(C)CCCN)ccc2OC)c(C)cc1N.[Cl-]. The van der Waals surface area contributed by atoms with Crippen molar-refractivity contribution < 1.29 is 26.4 Å². The topological polar surface area (TPSA) is 95.2 Å². The second-order valence-corrected chi connectivity index (χ2v) is 7.55. The summed E-state index contributed by atoms with van der Waals surface area (Å²) in [6.45, 7) is 4.54. The molecular weight excluding hydrogens is 390 g/mol. The molecule has 0 radical (unpaired) electrons. The smallest absolute Gasteiger partial charge is 0.146 e. The van der Waals surface area contributed by atoms with Gasteiger partial charge >= 0.3 is 0 Å². The van der Waals surface area contributed by atoms with Crippen LogP contribution in [0.2, 0.25) is 0 Å². The fourth-order valence-electron chi connectivity index (χ4n) is 3.10. The molecule has 0 saturated heterocycles. The Bertz CT molecular complexity index is 840. The number of azo groups is 1. The molecule has 4 N–H and O–H groups in total. The van der Waals surface area contributed by atoms with E-state index in [9.17, 15) is 0 Å². The lowest BCUT2D eigenvalue weighted by atomic mass is 10.1. The summed E-state index contributed by atoms with van der Waals surface area (Å²) in [6.07, 6.45) is 0.994. The number of hydrogen-bond donors (Lipinski definition) is 2. The normalized spacial score (nSPS) is 11.4. The van der Waals surface area contributed by atoms with E-state index in [1.807, 2.05) is 25.1 Å². The average molecular weight is 422 g/mol. The Kier molecular flexibility index (Phi) is 9.36. The highest BCUT2D eigenvalue weighted by atomic mass is 35.5. The molecule has 0 fully saturated rings. The summed E-state index contributed by atoms with van der Waals surface area (Å²) < 4.78 is 11.6. The quantitative estimate of drug-likeness (QED) is 0.358. The van der Waals surface area contributed by atoms with Crippen LogP contribution in [0, 0.1) is 6.92 Å². The van der Waals surface area contributed by atoms with Crippen LogP contribution in [0.3, 0.4) is 0 Å². The van der Waals surface area contributed by atoms with Gasteiger partial charge in [-0.3, -0.25) is 0 Å². The fourth-order valence-corrected chi connectivity index (χ4v) is 3.10. The second kappa shape index (κ2) is 11.0. The van der Waals surface area contributed by atoms with Crippen molar-refractivity contribution in [3.8, 4) is 11.5 Å². The number of ether oxygens (including phenoxy) is 2. The molecule has 0 aromatic heterocycles. The fraction of sp³-hybridized carbons (Fsp3) is 0.429. The maximum Gasteiger partial charge on any atom is 0.146 e. The van der Waals surface area contributed by atoms with E-state index in [1.165, 1.54) is 5.56 Å². The maximum atomic E-state index is 5.94. The number of aryl methyl sites for hydroxylation is 1. The first-order valence-electron chi connectivity index (χ1n) is 9.34. The van der Waals surface area contributed by atoms with Crippen molar-refractivity contribution in [2.75, 3.05) is 47.1 Å². The molecule has 0 atom stereocenters. The van der Waals surface area contributed by atoms with Crippen molar-refractivity contribution in [2.45, 2.75) is 19.9 Å². The molecule has 0 amide bonds. The Morgan fingerprint density at radius 1 is 0.966 bits per heavy atom. The summed E-state index contributed by atoms with van der Waals surface area (Å²) in [5, 5.41) is 8.85. The Morgan fingerprint density at radius 3 is 2.24 bits per heavy atom. The molecule has 0 unspecified atom stereocenters. The third-order valence-corrected chi connectivity index (χ3v) is 4.64. The summed E-state index contributed by atoms with van der Waals surface area (Å²) in [5.74, 6) is 1.26. The van der Waals surface area contributed by atoms with Crippen LogP contribution in [0.25, 0.3) is 0 Å². The predicted octanol–water partition coefficient (Wildman–Crippen LogP) is 0.939. The maximum absolute atomic E-state index is 5.94. The van der Waals surface area contributed by atoms with Gasteiger partial charge in [-0.2, -0.15) is 5.11 Å². The lowest BCUT2D eigenvalue weighted by Crippen LogP contribution is -3.00. The number of benzene rings is 2. The molecule has 0 aliphatic carbocycles. The number of nitrogen functional groups attached to an aromatic ring is 1. The van der Waals surface area contributed by atoms with Gasteiger partial charge in [0.05, 0.1) is 46.2 Å². The highest BCUT2D eigenvalue weighted by Crippen LogP contribution is 2.34. The predicted molar refractivity (Wildman–Crippen MR) is 114 cm³/mol. The summed E-state index contributed by atoms with van der Waals surface area (Å²) in [7, 11) is 7.61. The van der Waals surface area contributed by atoms with Crippen molar-refractivity contribution in [3.63, 3.8) is 0 Å². The standard InChI is InChI=1S/C21H32N5O2.ClH/c1-15-11-17(23)21(28-5)13-18(15)24-25-19-12-16(7-8-20(19)27-4)14-26(2,3)10-6-9-22;/h7-8,11-13H,6,9-10,14,22-23H2,1-5H3;1H/q+1;/p-1. The van der Waals surface area contributed by atoms with Crippen LogP contribution in [0.15, 0.2) is 40.6 Å². The van der Waals surface area contributed by atoms with Gasteiger partial charge in [-0.05, 0) is 43.3 Å². The van der Waals surface area contributed by atoms with Gasteiger partial charge in [-0.25, -0.2) is 0 Å². The van der Waals surface area contributed by atoms with E-state index in [0.717, 1.165) is 29.6 Å². The molecule has 2 aromatic rings. The summed E-state index contributed by atoms with van der Waals surface area (Å²) in [6, 6.07) is 9.64. The lowest BCUT2D eigenvalue weighted by molar-refractivity contribution is -0.903. The van der Waals surface area contributed by atoms with Crippen LogP contribution < -0.4 is 33.3 Å². The summed E-state index contributed by atoms with van der Waals surface area (Å²) >= 11 is 0. The molecule has 0 aliphatic heterocycles. The molecule has 2 aromatic carbocycles. The van der Waals surface area contributed by atoms with Crippen LogP contribution in [-0.2, 0) is 6.54 Å². The van der Waals surface area contributed by atoms with Crippen LogP contribution in [0.5, 0.6) is 11.5 Å². The number of quaternary nitrogens is 1. The Morgan fingerprint density at radius 2 is 1.62 bits per heavy atom. The van der Waals surface area contributed by atoms with E-state index in [4.69, 9.17) is 20.9 Å². The van der Waals surface area contributed by atoms with Gasteiger partial charge in [0, 0.05) is 18.1 Å². The third-order valence-electron chi connectivity index (χ3n) is 4.64. The largest absolute Gasteiger partial charge is 1.00 e. The molecular formula is C21H32ClN5O2. The van der Waals surface area contributed by atoms with Gasteiger partial charge in [-0.15, -0.1) is 5.11 Å². The van der Waals surface area contributed by atoms with E-state index in [-0.39, 0.29) is 12.4 Å². The molecule has 29 heavy (non-hydrogen) atoms. The first-order chi connectivity index (χ1) is 13.3. The van der Waals surface area contributed by atoms with Crippen LogP contribution in [0.4, 0.5) is 17.1 Å². The molecule has 160 valence electrons. The molecule has 2 rings (SSSR count). The number of nitrogens with two attached hydrogens (primary N) is 2. The van der Waals surface area contributed by atoms with Crippen LogP contribution in [-0.4, -0.2) is 45.9 Å². The Hall–Kier alpha value is -2.35. The number of hydrogen-bond acceptors (Lipinski definition) is 6. The molecule has 8 heteroatoms. The van der Waals surface area contributed by atoms with Gasteiger partial charge in [0.2, 0.25) is 0 Å². The monoisotopic (exact) mass is 421 g/mol. The van der Waals surface area contributed by atoms with E-state index < -0.39 is 0 Å². The number of methoxy groups -OCH3 is 2. The highest BCUT2D eigenvalue weighted by Gasteiger charge is 2.16. The molecule has 0 spiro atoms. The van der Waals surface area contributed by atoms with Crippen LogP contribution in [0.1, 0.15) is 17.5 Å². The number of halogens is 1. The van der Waals surface area contributed by atoms with Crippen LogP contribution >= 0.6 is 0 Å². The van der Waals surface area contributed by atoms with Gasteiger partial charge in [0.25, 0.3) is 0 Å². The minimum Gasteiger partial charge on any atom is -1.00 e. The average Bonchev–Trinajstić information content (AvgIpc) is 2.65. The van der Waals surface area contributed by atoms with E-state index in [1.54, 1.807) is 20.3 Å². The highest BCUT2D eigenvalue weighted by molar-refractivity contribution is 5.63. The zero-order valence-corrected chi connectivity index (χ0v) is 18.7. The zero-order valence-electron chi connectivity index (χ0n) is 17.9. The van der Waals surface area contributed by atoms with E-state index >= 15 is 0 Å². The molecule has 7 nitrogen and oxygen atoms in total. The second-order valence-electron chi connectivity index (χ2n) is 7.55. The van der Waals surface area contributed by atoms with Crippen molar-refractivity contribution in [1.82, 2.24) is 0 Å².